The Hall–Kier alpha value is -3.28. The first-order valence-electron chi connectivity index (χ1n) is 12.1. The molecule has 0 radical (unpaired) electrons. The van der Waals surface area contributed by atoms with Crippen molar-refractivity contribution in [2.45, 2.75) is 60.0 Å². The van der Waals surface area contributed by atoms with Gasteiger partial charge in [0.2, 0.25) is 0 Å². The van der Waals surface area contributed by atoms with Gasteiger partial charge >= 0.3 is 0 Å². The molecule has 0 fully saturated rings. The molecular formula is C29H28F3NO2. The van der Waals surface area contributed by atoms with E-state index in [1.807, 2.05) is 20.8 Å². The van der Waals surface area contributed by atoms with Crippen LogP contribution in [0.5, 0.6) is 5.75 Å². The van der Waals surface area contributed by atoms with Crippen LogP contribution in [0.2, 0.25) is 0 Å². The standard InChI is InChI=1S/C29H28F3NO2/c1-5-19-15(2)23-13-33(29(34)22-11-18(30)8-9-25(22)31)14-24(23)17(4)27(19)21-12-26(32)28-20(16(21)3)7-6-10-35-28/h8-9,11-12H,5-7,10,13-14H2,1-4H3. The van der Waals surface area contributed by atoms with E-state index in [2.05, 4.69) is 6.92 Å². The van der Waals surface area contributed by atoms with Gasteiger partial charge in [-0.15, -0.1) is 0 Å². The number of carbonyl (C=O) groups excluding carboxylic acids is 1. The van der Waals surface area contributed by atoms with Crippen LogP contribution in [0.15, 0.2) is 24.3 Å². The molecule has 0 aliphatic carbocycles. The Labute approximate surface area is 203 Å². The maximum Gasteiger partial charge on any atom is 0.257 e. The van der Waals surface area contributed by atoms with E-state index in [9.17, 15) is 13.6 Å². The average molecular weight is 480 g/mol. The molecule has 2 aliphatic heterocycles. The van der Waals surface area contributed by atoms with Gasteiger partial charge in [0.05, 0.1) is 12.2 Å². The molecule has 0 saturated heterocycles. The van der Waals surface area contributed by atoms with Crippen molar-refractivity contribution in [2.75, 3.05) is 6.61 Å². The normalized spacial score (nSPS) is 14.5. The van der Waals surface area contributed by atoms with Crippen LogP contribution >= 0.6 is 0 Å². The number of carbonyl (C=O) groups is 1. The summed E-state index contributed by atoms with van der Waals surface area (Å²) in [6.45, 7) is 9.28. The largest absolute Gasteiger partial charge is 0.490 e. The molecule has 3 nitrogen and oxygen atoms in total. The molecule has 3 aromatic rings. The minimum absolute atomic E-state index is 0.267. The Morgan fingerprint density at radius 3 is 2.37 bits per heavy atom. The Morgan fingerprint density at radius 1 is 0.943 bits per heavy atom. The third kappa shape index (κ3) is 3.70. The highest BCUT2D eigenvalue weighted by Crippen LogP contribution is 2.44. The number of halogens is 3. The molecule has 0 saturated carbocycles. The van der Waals surface area contributed by atoms with Gasteiger partial charge in [0.1, 0.15) is 11.6 Å². The van der Waals surface area contributed by atoms with Gasteiger partial charge in [-0.1, -0.05) is 6.92 Å². The zero-order valence-corrected chi connectivity index (χ0v) is 20.4. The highest BCUT2D eigenvalue weighted by molar-refractivity contribution is 5.95. The SMILES string of the molecule is CCc1c(C)c2c(c(C)c1-c1cc(F)c3c(c1C)CCCO3)CN(C(=O)c1cc(F)ccc1F)C2. The highest BCUT2D eigenvalue weighted by atomic mass is 19.1. The summed E-state index contributed by atoms with van der Waals surface area (Å²) in [5.41, 5.74) is 8.73. The predicted octanol–water partition coefficient (Wildman–Crippen LogP) is 6.74. The molecular weight excluding hydrogens is 451 g/mol. The molecule has 0 unspecified atom stereocenters. The Balaban J connectivity index is 1.63. The van der Waals surface area contributed by atoms with Gasteiger partial charge in [-0.25, -0.2) is 13.2 Å². The van der Waals surface area contributed by atoms with Gasteiger partial charge in [0.25, 0.3) is 5.91 Å². The summed E-state index contributed by atoms with van der Waals surface area (Å²) >= 11 is 0. The van der Waals surface area contributed by atoms with Crippen molar-refractivity contribution in [1.82, 2.24) is 4.90 Å². The lowest BCUT2D eigenvalue weighted by molar-refractivity contribution is 0.0746. The lowest BCUT2D eigenvalue weighted by Gasteiger charge is -2.25. The Bertz CT molecular complexity index is 1380. The van der Waals surface area contributed by atoms with Gasteiger partial charge in [-0.3, -0.25) is 4.79 Å². The fourth-order valence-electron chi connectivity index (χ4n) is 5.76. The molecule has 2 aliphatic rings. The van der Waals surface area contributed by atoms with Crippen LogP contribution in [-0.2, 0) is 25.9 Å². The van der Waals surface area contributed by atoms with Crippen LogP contribution < -0.4 is 4.74 Å². The summed E-state index contributed by atoms with van der Waals surface area (Å²) < 4.78 is 48.8. The smallest absolute Gasteiger partial charge is 0.257 e. The van der Waals surface area contributed by atoms with Crippen molar-refractivity contribution in [3.05, 3.63) is 86.2 Å². The summed E-state index contributed by atoms with van der Waals surface area (Å²) in [6.07, 6.45) is 2.38. The van der Waals surface area contributed by atoms with E-state index in [4.69, 9.17) is 4.74 Å². The first-order valence-corrected chi connectivity index (χ1v) is 12.1. The zero-order chi connectivity index (χ0) is 25.0. The first kappa shape index (κ1) is 23.5. The van der Waals surface area contributed by atoms with E-state index >= 15 is 4.39 Å². The molecule has 0 bridgehead atoms. The van der Waals surface area contributed by atoms with Crippen molar-refractivity contribution < 1.29 is 22.7 Å². The van der Waals surface area contributed by atoms with Crippen LogP contribution in [0.3, 0.4) is 0 Å². The number of amides is 1. The summed E-state index contributed by atoms with van der Waals surface area (Å²) in [4.78, 5) is 14.7. The number of benzene rings is 3. The van der Waals surface area contributed by atoms with E-state index < -0.39 is 17.5 Å². The van der Waals surface area contributed by atoms with Gasteiger partial charge in [0.15, 0.2) is 11.6 Å². The molecule has 6 heteroatoms. The number of nitrogens with zero attached hydrogens (tertiary/aromatic N) is 1. The van der Waals surface area contributed by atoms with Crippen molar-refractivity contribution in [1.29, 1.82) is 0 Å². The number of rotatable bonds is 3. The van der Waals surface area contributed by atoms with Crippen LogP contribution in [0.4, 0.5) is 13.2 Å². The summed E-state index contributed by atoms with van der Waals surface area (Å²) in [5, 5.41) is 0. The third-order valence-electron chi connectivity index (χ3n) is 7.60. The maximum absolute atomic E-state index is 15.1. The molecule has 3 aromatic carbocycles. The molecule has 0 atom stereocenters. The van der Waals surface area contributed by atoms with Gasteiger partial charge in [0, 0.05) is 18.7 Å². The maximum atomic E-state index is 15.1. The lowest BCUT2D eigenvalue weighted by atomic mass is 9.82. The molecule has 0 spiro atoms. The minimum atomic E-state index is -0.738. The van der Waals surface area contributed by atoms with Crippen LogP contribution in [-0.4, -0.2) is 17.4 Å². The Morgan fingerprint density at radius 2 is 1.66 bits per heavy atom. The number of fused-ring (bicyclic) bond motifs is 2. The third-order valence-corrected chi connectivity index (χ3v) is 7.60. The van der Waals surface area contributed by atoms with Gasteiger partial charge in [-0.05, 0) is 109 Å². The lowest BCUT2D eigenvalue weighted by Crippen LogP contribution is -2.26. The quantitative estimate of drug-likeness (QED) is 0.416. The fraction of sp³-hybridized carbons (Fsp3) is 0.345. The molecule has 35 heavy (non-hydrogen) atoms. The van der Waals surface area contributed by atoms with Gasteiger partial charge in [-0.2, -0.15) is 0 Å². The van der Waals surface area contributed by atoms with Crippen molar-refractivity contribution >= 4 is 5.91 Å². The van der Waals surface area contributed by atoms with E-state index in [-0.39, 0.29) is 11.4 Å². The average Bonchev–Trinajstić information content (AvgIpc) is 3.31. The van der Waals surface area contributed by atoms with E-state index in [1.165, 1.54) is 0 Å². The van der Waals surface area contributed by atoms with Crippen LogP contribution in [0, 0.1) is 38.2 Å². The molecule has 0 N–H and O–H groups in total. The van der Waals surface area contributed by atoms with Crippen LogP contribution in [0.1, 0.15) is 62.6 Å². The molecule has 5 rings (SSSR count). The highest BCUT2D eigenvalue weighted by Gasteiger charge is 2.32. The zero-order valence-electron chi connectivity index (χ0n) is 20.4. The second-order valence-corrected chi connectivity index (χ2v) is 9.49. The molecule has 0 aromatic heterocycles. The van der Waals surface area contributed by atoms with Crippen molar-refractivity contribution in [3.63, 3.8) is 0 Å². The van der Waals surface area contributed by atoms with E-state index in [0.29, 0.717) is 25.4 Å². The molecule has 1 amide bonds. The van der Waals surface area contributed by atoms with E-state index in [0.717, 1.165) is 87.5 Å². The summed E-state index contributed by atoms with van der Waals surface area (Å²) in [5.74, 6) is -1.91. The summed E-state index contributed by atoms with van der Waals surface area (Å²) in [7, 11) is 0. The fourth-order valence-corrected chi connectivity index (χ4v) is 5.76. The predicted molar refractivity (Wildman–Crippen MR) is 129 cm³/mol. The summed E-state index contributed by atoms with van der Waals surface area (Å²) in [6, 6.07) is 4.51. The second kappa shape index (κ2) is 8.74. The minimum Gasteiger partial charge on any atom is -0.490 e. The number of hydrogen-bond acceptors (Lipinski definition) is 2. The van der Waals surface area contributed by atoms with Gasteiger partial charge < -0.3 is 9.64 Å². The molecule has 2 heterocycles. The first-order chi connectivity index (χ1) is 16.7. The molecule has 182 valence electrons. The Kier molecular flexibility index (Phi) is 5.86. The van der Waals surface area contributed by atoms with E-state index in [1.54, 1.807) is 11.0 Å². The second-order valence-electron chi connectivity index (χ2n) is 9.49. The number of hydrogen-bond donors (Lipinski definition) is 0. The van der Waals surface area contributed by atoms with Crippen molar-refractivity contribution in [3.8, 4) is 16.9 Å². The van der Waals surface area contributed by atoms with Crippen molar-refractivity contribution in [2.24, 2.45) is 0 Å². The van der Waals surface area contributed by atoms with Crippen LogP contribution in [0.25, 0.3) is 11.1 Å². The number of ether oxygens (including phenoxy) is 1. The topological polar surface area (TPSA) is 29.5 Å². The monoisotopic (exact) mass is 479 g/mol.